The summed E-state index contributed by atoms with van der Waals surface area (Å²) >= 11 is 0. The van der Waals surface area contributed by atoms with E-state index in [2.05, 4.69) is 10.3 Å². The van der Waals surface area contributed by atoms with E-state index in [4.69, 9.17) is 4.74 Å². The minimum Gasteiger partial charge on any atom is -0.376 e. The maximum atomic E-state index is 12.8. The number of carbonyl (C=O) groups excluding carboxylic acids is 1. The lowest BCUT2D eigenvalue weighted by atomic mass is 10.1. The van der Waals surface area contributed by atoms with Crippen LogP contribution >= 0.6 is 0 Å². The number of pyridine rings is 1. The summed E-state index contributed by atoms with van der Waals surface area (Å²) in [4.78, 5) is 15.2. The van der Waals surface area contributed by atoms with E-state index >= 15 is 0 Å². The lowest BCUT2D eigenvalue weighted by molar-refractivity contribution is 0.0168. The van der Waals surface area contributed by atoms with E-state index in [0.717, 1.165) is 25.9 Å². The van der Waals surface area contributed by atoms with Crippen molar-refractivity contribution in [2.75, 3.05) is 13.2 Å². The molecule has 1 N–H and O–H groups in total. The predicted molar refractivity (Wildman–Crippen MR) is 60.1 cm³/mol. The van der Waals surface area contributed by atoms with E-state index in [-0.39, 0.29) is 17.7 Å². The van der Waals surface area contributed by atoms with E-state index in [1.165, 1.54) is 18.2 Å². The van der Waals surface area contributed by atoms with Crippen molar-refractivity contribution in [3.8, 4) is 0 Å². The fourth-order valence-corrected chi connectivity index (χ4v) is 1.80. The SMILES string of the molecule is O=C(NCC1CCCCO1)c1cccc(F)n1. The van der Waals surface area contributed by atoms with Crippen molar-refractivity contribution < 1.29 is 13.9 Å². The van der Waals surface area contributed by atoms with Crippen LogP contribution < -0.4 is 5.32 Å². The van der Waals surface area contributed by atoms with Crippen LogP contribution in [-0.4, -0.2) is 30.1 Å². The van der Waals surface area contributed by atoms with E-state index < -0.39 is 5.95 Å². The van der Waals surface area contributed by atoms with Gasteiger partial charge in [-0.15, -0.1) is 0 Å². The number of halogens is 1. The third-order valence-electron chi connectivity index (χ3n) is 2.71. The summed E-state index contributed by atoms with van der Waals surface area (Å²) < 4.78 is 18.3. The van der Waals surface area contributed by atoms with Crippen molar-refractivity contribution >= 4 is 5.91 Å². The second-order valence-electron chi connectivity index (χ2n) is 4.04. The number of ether oxygens (including phenoxy) is 1. The van der Waals surface area contributed by atoms with Gasteiger partial charge < -0.3 is 10.1 Å². The second-order valence-corrected chi connectivity index (χ2v) is 4.04. The van der Waals surface area contributed by atoms with Crippen LogP contribution in [0.2, 0.25) is 0 Å². The molecular weight excluding hydrogens is 223 g/mol. The van der Waals surface area contributed by atoms with Gasteiger partial charge in [-0.2, -0.15) is 4.39 Å². The molecule has 0 aliphatic carbocycles. The normalized spacial score (nSPS) is 19.9. The van der Waals surface area contributed by atoms with Gasteiger partial charge in [0.15, 0.2) is 0 Å². The minimum absolute atomic E-state index is 0.0706. The summed E-state index contributed by atoms with van der Waals surface area (Å²) in [5, 5.41) is 2.70. The first kappa shape index (κ1) is 12.0. The Morgan fingerprint density at radius 2 is 2.41 bits per heavy atom. The Morgan fingerprint density at radius 1 is 1.53 bits per heavy atom. The fourth-order valence-electron chi connectivity index (χ4n) is 1.80. The van der Waals surface area contributed by atoms with Gasteiger partial charge in [-0.05, 0) is 31.4 Å². The molecule has 1 amide bonds. The monoisotopic (exact) mass is 238 g/mol. The van der Waals surface area contributed by atoms with Gasteiger partial charge in [0.1, 0.15) is 5.69 Å². The van der Waals surface area contributed by atoms with Crippen LogP contribution in [0.1, 0.15) is 29.8 Å². The number of rotatable bonds is 3. The zero-order valence-corrected chi connectivity index (χ0v) is 9.49. The van der Waals surface area contributed by atoms with E-state index in [1.807, 2.05) is 0 Å². The smallest absolute Gasteiger partial charge is 0.270 e. The molecule has 1 aliphatic heterocycles. The Kier molecular flexibility index (Phi) is 4.03. The van der Waals surface area contributed by atoms with Gasteiger partial charge in [0, 0.05) is 13.2 Å². The minimum atomic E-state index is -0.647. The number of aromatic nitrogens is 1. The molecule has 2 heterocycles. The molecule has 1 saturated heterocycles. The maximum Gasteiger partial charge on any atom is 0.270 e. The van der Waals surface area contributed by atoms with Crippen molar-refractivity contribution in [3.63, 3.8) is 0 Å². The molecule has 0 bridgehead atoms. The van der Waals surface area contributed by atoms with Crippen molar-refractivity contribution in [2.24, 2.45) is 0 Å². The summed E-state index contributed by atoms with van der Waals surface area (Å²) in [5.41, 5.74) is 0.0980. The quantitative estimate of drug-likeness (QED) is 0.812. The first-order chi connectivity index (χ1) is 8.25. The number of nitrogens with one attached hydrogen (secondary N) is 1. The number of amides is 1. The standard InChI is InChI=1S/C12H15FN2O2/c13-11-6-3-5-10(15-11)12(16)14-8-9-4-1-2-7-17-9/h3,5-6,9H,1-2,4,7-8H2,(H,14,16). The average molecular weight is 238 g/mol. The van der Waals surface area contributed by atoms with Crippen LogP contribution in [0, 0.1) is 5.95 Å². The molecule has 1 atom stereocenters. The summed E-state index contributed by atoms with van der Waals surface area (Å²) in [6, 6.07) is 4.16. The Balaban J connectivity index is 1.84. The van der Waals surface area contributed by atoms with Crippen molar-refractivity contribution in [1.82, 2.24) is 10.3 Å². The highest BCUT2D eigenvalue weighted by atomic mass is 19.1. The van der Waals surface area contributed by atoms with Gasteiger partial charge in [-0.3, -0.25) is 4.79 Å². The molecule has 1 aliphatic rings. The van der Waals surface area contributed by atoms with E-state index in [1.54, 1.807) is 0 Å². The summed E-state index contributed by atoms with van der Waals surface area (Å²) in [6.45, 7) is 1.20. The van der Waals surface area contributed by atoms with Crippen molar-refractivity contribution in [1.29, 1.82) is 0 Å². The van der Waals surface area contributed by atoms with Crippen LogP contribution in [0.3, 0.4) is 0 Å². The molecule has 92 valence electrons. The van der Waals surface area contributed by atoms with Gasteiger partial charge >= 0.3 is 0 Å². The molecule has 5 heteroatoms. The van der Waals surface area contributed by atoms with Gasteiger partial charge in [-0.1, -0.05) is 6.07 Å². The molecule has 0 radical (unpaired) electrons. The van der Waals surface area contributed by atoms with Crippen LogP contribution in [-0.2, 0) is 4.74 Å². The lowest BCUT2D eigenvalue weighted by Gasteiger charge is -2.22. The van der Waals surface area contributed by atoms with Gasteiger partial charge in [-0.25, -0.2) is 4.98 Å². The third kappa shape index (κ3) is 3.49. The molecule has 0 aromatic carbocycles. The number of hydrogen-bond donors (Lipinski definition) is 1. The molecule has 4 nitrogen and oxygen atoms in total. The second kappa shape index (κ2) is 5.72. The molecule has 1 aromatic heterocycles. The summed E-state index contributed by atoms with van der Waals surface area (Å²) in [6.07, 6.45) is 3.23. The molecule has 1 aromatic rings. The first-order valence-electron chi connectivity index (χ1n) is 5.78. The van der Waals surface area contributed by atoms with Gasteiger partial charge in [0.05, 0.1) is 6.10 Å². The molecule has 0 spiro atoms. The van der Waals surface area contributed by atoms with E-state index in [0.29, 0.717) is 6.54 Å². The van der Waals surface area contributed by atoms with E-state index in [9.17, 15) is 9.18 Å². The van der Waals surface area contributed by atoms with Crippen molar-refractivity contribution in [3.05, 3.63) is 29.8 Å². The highest BCUT2D eigenvalue weighted by Gasteiger charge is 2.15. The zero-order valence-electron chi connectivity index (χ0n) is 9.49. The van der Waals surface area contributed by atoms with Crippen LogP contribution in [0.5, 0.6) is 0 Å². The average Bonchev–Trinajstić information content (AvgIpc) is 2.37. The molecular formula is C12H15FN2O2. The summed E-state index contributed by atoms with van der Waals surface area (Å²) in [7, 11) is 0. The lowest BCUT2D eigenvalue weighted by Crippen LogP contribution is -2.35. The van der Waals surface area contributed by atoms with Crippen molar-refractivity contribution in [2.45, 2.75) is 25.4 Å². The van der Waals surface area contributed by atoms with Gasteiger partial charge in [0.25, 0.3) is 5.91 Å². The largest absolute Gasteiger partial charge is 0.376 e. The molecule has 1 fully saturated rings. The summed E-state index contributed by atoms with van der Waals surface area (Å²) in [5.74, 6) is -1.01. The Labute approximate surface area is 99.2 Å². The Hall–Kier alpha value is -1.49. The van der Waals surface area contributed by atoms with Crippen LogP contribution in [0.4, 0.5) is 4.39 Å². The highest BCUT2D eigenvalue weighted by Crippen LogP contribution is 2.11. The Morgan fingerprint density at radius 3 is 3.12 bits per heavy atom. The van der Waals surface area contributed by atoms with Gasteiger partial charge in [0.2, 0.25) is 5.95 Å². The highest BCUT2D eigenvalue weighted by molar-refractivity contribution is 5.92. The zero-order chi connectivity index (χ0) is 12.1. The molecule has 0 saturated carbocycles. The fraction of sp³-hybridized carbons (Fsp3) is 0.500. The molecule has 17 heavy (non-hydrogen) atoms. The molecule has 2 rings (SSSR count). The first-order valence-corrected chi connectivity index (χ1v) is 5.78. The number of carbonyl (C=O) groups is 1. The topological polar surface area (TPSA) is 51.2 Å². The predicted octanol–water partition coefficient (Wildman–Crippen LogP) is 1.52. The third-order valence-corrected chi connectivity index (χ3v) is 2.71. The molecule has 1 unspecified atom stereocenters. The Bertz CT molecular complexity index is 392. The maximum absolute atomic E-state index is 12.8. The number of hydrogen-bond acceptors (Lipinski definition) is 3. The number of nitrogens with zero attached hydrogens (tertiary/aromatic N) is 1. The van der Waals surface area contributed by atoms with Crippen LogP contribution in [0.25, 0.3) is 0 Å². The van der Waals surface area contributed by atoms with Crippen LogP contribution in [0.15, 0.2) is 18.2 Å².